The molecule has 0 N–H and O–H groups in total. The van der Waals surface area contributed by atoms with Gasteiger partial charge in [-0.3, -0.25) is 14.5 Å². The maximum Gasteiger partial charge on any atom is 0.329 e. The van der Waals surface area contributed by atoms with E-state index in [-0.39, 0.29) is 11.5 Å². The molecule has 0 saturated carbocycles. The standard InChI is InChI=1S/C26H23NO5S/c1-3-31-25(29)17(2)27-24(28)23(33-26(27)30)15-19-10-5-7-14-22(19)32-16-20-12-8-11-18-9-4-6-13-21(18)20/h4-15,17H,3,16H2,1-2H3/b23-15+/t17-/m1/s1. The SMILES string of the molecule is CCOC(=O)[C@@H](C)N1C(=O)S/C(=C/c2ccccc2OCc2cccc3ccccc23)C1=O. The summed E-state index contributed by atoms with van der Waals surface area (Å²) in [4.78, 5) is 38.5. The van der Waals surface area contributed by atoms with Crippen LogP contribution < -0.4 is 4.74 Å². The fourth-order valence-corrected chi connectivity index (χ4v) is 4.53. The van der Waals surface area contributed by atoms with Gasteiger partial charge in [0, 0.05) is 5.56 Å². The first-order chi connectivity index (χ1) is 16.0. The monoisotopic (exact) mass is 461 g/mol. The van der Waals surface area contributed by atoms with Gasteiger partial charge < -0.3 is 9.47 Å². The second kappa shape index (κ2) is 9.92. The maximum absolute atomic E-state index is 12.9. The quantitative estimate of drug-likeness (QED) is 0.346. The molecule has 1 aliphatic rings. The molecule has 0 spiro atoms. The van der Waals surface area contributed by atoms with Crippen molar-refractivity contribution in [3.05, 3.63) is 82.8 Å². The summed E-state index contributed by atoms with van der Waals surface area (Å²) in [5.74, 6) is -0.537. The fourth-order valence-electron chi connectivity index (χ4n) is 3.63. The lowest BCUT2D eigenvalue weighted by Gasteiger charge is -2.19. The molecular formula is C26H23NO5S. The molecule has 33 heavy (non-hydrogen) atoms. The minimum atomic E-state index is -0.985. The number of imide groups is 1. The third-order valence-electron chi connectivity index (χ3n) is 5.31. The number of carbonyl (C=O) groups excluding carboxylic acids is 3. The molecule has 6 nitrogen and oxygen atoms in total. The van der Waals surface area contributed by atoms with Crippen LogP contribution in [0.1, 0.15) is 25.0 Å². The molecule has 168 valence electrons. The number of para-hydroxylation sites is 1. The molecule has 1 aliphatic heterocycles. The van der Waals surface area contributed by atoms with Gasteiger partial charge in [-0.15, -0.1) is 0 Å². The summed E-state index contributed by atoms with van der Waals surface area (Å²) in [7, 11) is 0. The first-order valence-corrected chi connectivity index (χ1v) is 11.4. The van der Waals surface area contributed by atoms with Crippen LogP contribution in [-0.2, 0) is 20.9 Å². The van der Waals surface area contributed by atoms with Crippen molar-refractivity contribution in [1.29, 1.82) is 0 Å². The van der Waals surface area contributed by atoms with Gasteiger partial charge in [-0.05, 0) is 54.1 Å². The van der Waals surface area contributed by atoms with E-state index < -0.39 is 23.2 Å². The van der Waals surface area contributed by atoms with E-state index in [1.165, 1.54) is 6.92 Å². The van der Waals surface area contributed by atoms with Crippen LogP contribution in [0.2, 0.25) is 0 Å². The van der Waals surface area contributed by atoms with Crippen molar-refractivity contribution in [2.45, 2.75) is 26.5 Å². The summed E-state index contributed by atoms with van der Waals surface area (Å²) in [6.45, 7) is 3.69. The predicted octanol–water partition coefficient (Wildman–Crippen LogP) is 5.41. The van der Waals surface area contributed by atoms with Gasteiger partial charge in [0.15, 0.2) is 0 Å². The summed E-state index contributed by atoms with van der Waals surface area (Å²) in [6, 6.07) is 20.5. The van der Waals surface area contributed by atoms with E-state index in [2.05, 4.69) is 18.2 Å². The van der Waals surface area contributed by atoms with Crippen LogP contribution in [0.25, 0.3) is 16.8 Å². The van der Waals surface area contributed by atoms with E-state index in [0.717, 1.165) is 33.0 Å². The van der Waals surface area contributed by atoms with Gasteiger partial charge in [-0.1, -0.05) is 60.7 Å². The van der Waals surface area contributed by atoms with Crippen molar-refractivity contribution >= 4 is 45.7 Å². The van der Waals surface area contributed by atoms with Crippen molar-refractivity contribution in [3.63, 3.8) is 0 Å². The topological polar surface area (TPSA) is 72.9 Å². The molecule has 0 radical (unpaired) electrons. The van der Waals surface area contributed by atoms with Gasteiger partial charge in [-0.25, -0.2) is 4.79 Å². The molecule has 1 saturated heterocycles. The van der Waals surface area contributed by atoms with Gasteiger partial charge in [-0.2, -0.15) is 0 Å². The highest BCUT2D eigenvalue weighted by Gasteiger charge is 2.41. The van der Waals surface area contributed by atoms with Crippen LogP contribution in [0.5, 0.6) is 5.75 Å². The van der Waals surface area contributed by atoms with E-state index in [1.54, 1.807) is 13.0 Å². The second-order valence-electron chi connectivity index (χ2n) is 7.44. The first kappa shape index (κ1) is 22.6. The summed E-state index contributed by atoms with van der Waals surface area (Å²) >= 11 is 0.801. The van der Waals surface area contributed by atoms with Gasteiger partial charge in [0.2, 0.25) is 0 Å². The number of benzene rings is 3. The van der Waals surface area contributed by atoms with Gasteiger partial charge >= 0.3 is 5.97 Å². The number of thioether (sulfide) groups is 1. The van der Waals surface area contributed by atoms with Gasteiger partial charge in [0.25, 0.3) is 11.1 Å². The Labute approximate surface area is 196 Å². The third kappa shape index (κ3) is 4.78. The zero-order valence-corrected chi connectivity index (χ0v) is 19.1. The van der Waals surface area contributed by atoms with E-state index in [0.29, 0.717) is 17.9 Å². The van der Waals surface area contributed by atoms with Crippen molar-refractivity contribution in [3.8, 4) is 5.75 Å². The Morgan fingerprint density at radius 3 is 2.58 bits per heavy atom. The average molecular weight is 462 g/mol. The highest BCUT2D eigenvalue weighted by Crippen LogP contribution is 2.35. The summed E-state index contributed by atoms with van der Waals surface area (Å²) in [5.41, 5.74) is 1.72. The number of amides is 2. The predicted molar refractivity (Wildman–Crippen MR) is 129 cm³/mol. The van der Waals surface area contributed by atoms with Crippen LogP contribution in [-0.4, -0.2) is 34.7 Å². The van der Waals surface area contributed by atoms with Crippen molar-refractivity contribution < 1.29 is 23.9 Å². The van der Waals surface area contributed by atoms with Crippen LogP contribution >= 0.6 is 11.8 Å². The van der Waals surface area contributed by atoms with Crippen LogP contribution in [0.3, 0.4) is 0 Å². The number of esters is 1. The lowest BCUT2D eigenvalue weighted by Crippen LogP contribution is -2.42. The lowest BCUT2D eigenvalue weighted by molar-refractivity contribution is -0.150. The molecule has 4 rings (SSSR count). The Balaban J connectivity index is 1.56. The number of carbonyl (C=O) groups is 3. The zero-order valence-electron chi connectivity index (χ0n) is 18.3. The van der Waals surface area contributed by atoms with E-state index >= 15 is 0 Å². The number of hydrogen-bond acceptors (Lipinski definition) is 6. The Morgan fingerprint density at radius 1 is 1.03 bits per heavy atom. The highest BCUT2D eigenvalue weighted by atomic mass is 32.2. The molecule has 0 aliphatic carbocycles. The average Bonchev–Trinajstić information content (AvgIpc) is 3.10. The first-order valence-electron chi connectivity index (χ1n) is 10.6. The molecule has 1 atom stereocenters. The van der Waals surface area contributed by atoms with Crippen LogP contribution in [0.15, 0.2) is 71.6 Å². The van der Waals surface area contributed by atoms with Gasteiger partial charge in [0.05, 0.1) is 11.5 Å². The zero-order chi connectivity index (χ0) is 23.4. The number of hydrogen-bond donors (Lipinski definition) is 0. The second-order valence-corrected chi connectivity index (χ2v) is 8.44. The van der Waals surface area contributed by atoms with E-state index in [4.69, 9.17) is 9.47 Å². The Morgan fingerprint density at radius 2 is 1.76 bits per heavy atom. The molecule has 0 aromatic heterocycles. The number of nitrogens with zero attached hydrogens (tertiary/aromatic N) is 1. The molecule has 0 bridgehead atoms. The summed E-state index contributed by atoms with van der Waals surface area (Å²) in [5, 5.41) is 1.75. The molecule has 1 heterocycles. The van der Waals surface area contributed by atoms with E-state index in [9.17, 15) is 14.4 Å². The largest absolute Gasteiger partial charge is 0.488 e. The Kier molecular flexibility index (Phi) is 6.79. The molecule has 1 fully saturated rings. The minimum Gasteiger partial charge on any atom is -0.488 e. The van der Waals surface area contributed by atoms with Crippen LogP contribution in [0, 0.1) is 0 Å². The Hall–Kier alpha value is -3.58. The molecule has 7 heteroatoms. The minimum absolute atomic E-state index is 0.177. The normalized spacial score (nSPS) is 15.8. The molecule has 3 aromatic carbocycles. The smallest absolute Gasteiger partial charge is 0.329 e. The number of ether oxygens (including phenoxy) is 2. The molecule has 3 aromatic rings. The van der Waals surface area contributed by atoms with Crippen LogP contribution in [0.4, 0.5) is 4.79 Å². The van der Waals surface area contributed by atoms with Crippen molar-refractivity contribution in [2.75, 3.05) is 6.61 Å². The molecule has 2 amide bonds. The van der Waals surface area contributed by atoms with Crippen molar-refractivity contribution in [2.24, 2.45) is 0 Å². The molecular weight excluding hydrogens is 438 g/mol. The van der Waals surface area contributed by atoms with Crippen molar-refractivity contribution in [1.82, 2.24) is 4.90 Å². The summed E-state index contributed by atoms with van der Waals surface area (Å²) in [6.07, 6.45) is 1.63. The maximum atomic E-state index is 12.9. The lowest BCUT2D eigenvalue weighted by atomic mass is 10.1. The summed E-state index contributed by atoms with van der Waals surface area (Å²) < 4.78 is 11.1. The Bertz CT molecular complexity index is 1250. The van der Waals surface area contributed by atoms with E-state index in [1.807, 2.05) is 48.5 Å². The third-order valence-corrected chi connectivity index (χ3v) is 6.19. The fraction of sp³-hybridized carbons (Fsp3) is 0.192. The number of rotatable bonds is 7. The molecule has 0 unspecified atom stereocenters. The van der Waals surface area contributed by atoms with Gasteiger partial charge in [0.1, 0.15) is 18.4 Å². The highest BCUT2D eigenvalue weighted by molar-refractivity contribution is 8.18. The number of fused-ring (bicyclic) bond motifs is 1.